The third kappa shape index (κ3) is 3.14. The lowest BCUT2D eigenvalue weighted by Gasteiger charge is -2.19. The summed E-state index contributed by atoms with van der Waals surface area (Å²) in [7, 11) is 0. The van der Waals surface area contributed by atoms with Crippen molar-refractivity contribution in [3.05, 3.63) is 65.8 Å². The Kier molecular flexibility index (Phi) is 4.10. The summed E-state index contributed by atoms with van der Waals surface area (Å²) in [5, 5.41) is 2.75. The van der Waals surface area contributed by atoms with E-state index in [-0.39, 0.29) is 10.8 Å². The van der Waals surface area contributed by atoms with E-state index in [2.05, 4.69) is 101 Å². The summed E-state index contributed by atoms with van der Waals surface area (Å²) in [4.78, 5) is 0. The van der Waals surface area contributed by atoms with Crippen LogP contribution in [0.1, 0.15) is 65.5 Å². The summed E-state index contributed by atoms with van der Waals surface area (Å²) in [6.45, 7) is 13.8. The summed E-state index contributed by atoms with van der Waals surface area (Å²) in [5.41, 5.74) is 7.13. The minimum absolute atomic E-state index is 0.150. The van der Waals surface area contributed by atoms with Gasteiger partial charge in [-0.2, -0.15) is 0 Å². The van der Waals surface area contributed by atoms with Crippen molar-refractivity contribution in [1.82, 2.24) is 4.57 Å². The third-order valence-corrected chi connectivity index (χ3v) is 5.78. The van der Waals surface area contributed by atoms with Crippen LogP contribution in [-0.4, -0.2) is 4.57 Å². The first-order valence-electron chi connectivity index (χ1n) is 10.1. The first-order chi connectivity index (χ1) is 12.7. The van der Waals surface area contributed by atoms with Gasteiger partial charge in [0.05, 0.1) is 11.0 Å². The Morgan fingerprint density at radius 2 is 1.26 bits per heavy atom. The fourth-order valence-corrected chi connectivity index (χ4v) is 4.04. The Hall–Kier alpha value is -2.28. The van der Waals surface area contributed by atoms with Crippen molar-refractivity contribution in [2.75, 3.05) is 0 Å². The highest BCUT2D eigenvalue weighted by Crippen LogP contribution is 2.38. The molecule has 27 heavy (non-hydrogen) atoms. The molecule has 0 N–H and O–H groups in total. The molecule has 1 aromatic heterocycles. The van der Waals surface area contributed by atoms with Crippen LogP contribution < -0.4 is 0 Å². The quantitative estimate of drug-likeness (QED) is 0.423. The topological polar surface area (TPSA) is 4.93 Å². The Bertz CT molecular complexity index is 1000. The molecule has 3 aromatic rings. The second-order valence-electron chi connectivity index (χ2n) is 9.92. The molecule has 1 aliphatic rings. The van der Waals surface area contributed by atoms with Crippen molar-refractivity contribution in [1.29, 1.82) is 0 Å². The van der Waals surface area contributed by atoms with Crippen molar-refractivity contribution in [3.63, 3.8) is 0 Å². The van der Waals surface area contributed by atoms with Crippen molar-refractivity contribution in [3.8, 4) is 0 Å². The van der Waals surface area contributed by atoms with E-state index in [0.717, 1.165) is 12.8 Å². The lowest BCUT2D eigenvalue weighted by Crippen LogP contribution is -2.10. The number of fused-ring (bicyclic) bond motifs is 3. The summed E-state index contributed by atoms with van der Waals surface area (Å²) >= 11 is 0. The molecule has 0 saturated carbocycles. The van der Waals surface area contributed by atoms with E-state index >= 15 is 0 Å². The highest BCUT2D eigenvalue weighted by atomic mass is 15.0. The molecule has 1 heteroatoms. The van der Waals surface area contributed by atoms with Gasteiger partial charge in [0.15, 0.2) is 0 Å². The van der Waals surface area contributed by atoms with Crippen LogP contribution in [-0.2, 0) is 10.8 Å². The van der Waals surface area contributed by atoms with E-state index < -0.39 is 0 Å². The lowest BCUT2D eigenvalue weighted by molar-refractivity contribution is 0.590. The van der Waals surface area contributed by atoms with Gasteiger partial charge in [-0.3, -0.25) is 0 Å². The molecule has 2 aromatic carbocycles. The first kappa shape index (κ1) is 18.1. The van der Waals surface area contributed by atoms with Gasteiger partial charge in [0.2, 0.25) is 0 Å². The Labute approximate surface area is 163 Å². The zero-order valence-corrected chi connectivity index (χ0v) is 17.6. The van der Waals surface area contributed by atoms with Gasteiger partial charge in [-0.1, -0.05) is 65.8 Å². The van der Waals surface area contributed by atoms with Gasteiger partial charge in [0, 0.05) is 16.5 Å². The third-order valence-electron chi connectivity index (χ3n) is 5.78. The van der Waals surface area contributed by atoms with Gasteiger partial charge < -0.3 is 4.57 Å². The van der Waals surface area contributed by atoms with Gasteiger partial charge in [-0.05, 0) is 65.1 Å². The van der Waals surface area contributed by atoms with E-state index in [0.29, 0.717) is 0 Å². The Morgan fingerprint density at radius 3 is 1.67 bits per heavy atom. The molecule has 0 radical (unpaired) electrons. The number of hydrogen-bond acceptors (Lipinski definition) is 0. The van der Waals surface area contributed by atoms with Crippen molar-refractivity contribution >= 4 is 27.5 Å². The molecule has 0 fully saturated rings. The van der Waals surface area contributed by atoms with Crippen LogP contribution in [0.5, 0.6) is 0 Å². The molecule has 0 saturated heterocycles. The minimum Gasteiger partial charge on any atom is -0.313 e. The maximum Gasteiger partial charge on any atom is 0.0538 e. The number of benzene rings is 2. The number of allylic oxidation sites excluding steroid dienone is 4. The Morgan fingerprint density at radius 1 is 0.741 bits per heavy atom. The number of aromatic nitrogens is 1. The van der Waals surface area contributed by atoms with Gasteiger partial charge >= 0.3 is 0 Å². The van der Waals surface area contributed by atoms with Gasteiger partial charge in [-0.25, -0.2) is 0 Å². The van der Waals surface area contributed by atoms with Crippen LogP contribution in [0.25, 0.3) is 27.5 Å². The number of hydrogen-bond donors (Lipinski definition) is 0. The molecule has 140 valence electrons. The van der Waals surface area contributed by atoms with Crippen LogP contribution in [0.4, 0.5) is 0 Å². The molecule has 0 unspecified atom stereocenters. The van der Waals surface area contributed by atoms with Gasteiger partial charge in [-0.15, -0.1) is 0 Å². The highest BCUT2D eigenvalue weighted by molar-refractivity contribution is 6.10. The minimum atomic E-state index is 0.150. The molecular formula is C26H31N. The molecule has 1 heterocycles. The zero-order chi connectivity index (χ0) is 19.4. The average molecular weight is 358 g/mol. The summed E-state index contributed by atoms with van der Waals surface area (Å²) in [6.07, 6.45) is 8.94. The maximum atomic E-state index is 2.48. The summed E-state index contributed by atoms with van der Waals surface area (Å²) < 4.78 is 2.48. The van der Waals surface area contributed by atoms with E-state index in [9.17, 15) is 0 Å². The largest absolute Gasteiger partial charge is 0.313 e. The van der Waals surface area contributed by atoms with Crippen molar-refractivity contribution in [2.24, 2.45) is 0 Å². The molecule has 4 rings (SSSR count). The molecule has 0 bridgehead atoms. The van der Waals surface area contributed by atoms with Gasteiger partial charge in [0.1, 0.15) is 0 Å². The Balaban J connectivity index is 2.09. The lowest BCUT2D eigenvalue weighted by atomic mass is 9.85. The summed E-state index contributed by atoms with van der Waals surface area (Å²) in [6, 6.07) is 14.1. The van der Waals surface area contributed by atoms with E-state index in [1.165, 1.54) is 38.6 Å². The molecular weight excluding hydrogens is 326 g/mol. The zero-order valence-electron chi connectivity index (χ0n) is 17.6. The molecule has 0 spiro atoms. The molecule has 0 amide bonds. The van der Waals surface area contributed by atoms with Crippen LogP contribution in [0, 0.1) is 0 Å². The highest BCUT2D eigenvalue weighted by Gasteiger charge is 2.21. The average Bonchev–Trinajstić information content (AvgIpc) is 2.94. The van der Waals surface area contributed by atoms with E-state index in [1.54, 1.807) is 0 Å². The molecule has 0 atom stereocenters. The van der Waals surface area contributed by atoms with Crippen molar-refractivity contribution < 1.29 is 0 Å². The van der Waals surface area contributed by atoms with E-state index in [4.69, 9.17) is 0 Å². The molecule has 0 aliphatic heterocycles. The van der Waals surface area contributed by atoms with Gasteiger partial charge in [0.25, 0.3) is 0 Å². The van der Waals surface area contributed by atoms with Crippen molar-refractivity contribution in [2.45, 2.75) is 65.2 Å². The number of nitrogens with zero attached hydrogens (tertiary/aromatic N) is 1. The standard InChI is InChI=1S/C26H31N/c1-25(2,3)18-12-14-23-21(16-18)22-17-19(26(4,5)6)13-15-24(22)27(23)20-10-8-7-9-11-20/h7-8,10,12-17H,9,11H2,1-6H3. The molecule has 1 nitrogen and oxygen atoms in total. The number of rotatable bonds is 1. The summed E-state index contributed by atoms with van der Waals surface area (Å²) in [5.74, 6) is 0. The van der Waals surface area contributed by atoms with Crippen LogP contribution >= 0.6 is 0 Å². The first-order valence-corrected chi connectivity index (χ1v) is 10.1. The fraction of sp³-hybridized carbons (Fsp3) is 0.385. The fourth-order valence-electron chi connectivity index (χ4n) is 4.04. The second-order valence-corrected chi connectivity index (χ2v) is 9.92. The predicted molar refractivity (Wildman–Crippen MR) is 119 cm³/mol. The monoisotopic (exact) mass is 357 g/mol. The van der Waals surface area contributed by atoms with E-state index in [1.807, 2.05) is 0 Å². The van der Waals surface area contributed by atoms with Crippen LogP contribution in [0.2, 0.25) is 0 Å². The maximum absolute atomic E-state index is 2.48. The van der Waals surface area contributed by atoms with Crippen LogP contribution in [0.15, 0.2) is 54.6 Å². The second kappa shape index (κ2) is 6.12. The SMILES string of the molecule is CC(C)(C)c1ccc2c(c1)c1cc(C(C)(C)C)ccc1n2C1=CC=CCC1. The normalized spacial score (nSPS) is 15.6. The smallest absolute Gasteiger partial charge is 0.0538 e. The van der Waals surface area contributed by atoms with Crippen LogP contribution in [0.3, 0.4) is 0 Å². The molecule has 1 aliphatic carbocycles. The predicted octanol–water partition coefficient (Wildman–Crippen LogP) is 7.58.